The fraction of sp³-hybridized carbons (Fsp3) is 0.276. The summed E-state index contributed by atoms with van der Waals surface area (Å²) in [6, 6.07) is 11.7. The normalized spacial score (nSPS) is 15.1. The second kappa shape index (κ2) is 11.7. The maximum absolute atomic E-state index is 13.8. The van der Waals surface area contributed by atoms with Crippen molar-refractivity contribution < 1.29 is 19.0 Å². The third kappa shape index (κ3) is 5.69. The van der Waals surface area contributed by atoms with Crippen molar-refractivity contribution >= 4 is 35.0 Å². The van der Waals surface area contributed by atoms with Gasteiger partial charge in [-0.2, -0.15) is 0 Å². The van der Waals surface area contributed by atoms with Gasteiger partial charge in [0, 0.05) is 5.02 Å². The third-order valence-electron chi connectivity index (χ3n) is 5.65. The fourth-order valence-corrected chi connectivity index (χ4v) is 5.27. The maximum Gasteiger partial charge on any atom is 0.338 e. The Bertz CT molecular complexity index is 1610. The summed E-state index contributed by atoms with van der Waals surface area (Å²) in [5.41, 5.74) is 2.00. The van der Waals surface area contributed by atoms with Gasteiger partial charge in [-0.3, -0.25) is 9.36 Å². The van der Waals surface area contributed by atoms with Crippen molar-refractivity contribution in [1.29, 1.82) is 0 Å². The Morgan fingerprint density at radius 2 is 1.95 bits per heavy atom. The van der Waals surface area contributed by atoms with E-state index in [1.54, 1.807) is 63.2 Å². The summed E-state index contributed by atoms with van der Waals surface area (Å²) in [5.74, 6) is 2.97. The van der Waals surface area contributed by atoms with E-state index in [0.717, 1.165) is 11.1 Å². The summed E-state index contributed by atoms with van der Waals surface area (Å²) in [6.07, 6.45) is 6.75. The van der Waals surface area contributed by atoms with Crippen molar-refractivity contribution in [3.63, 3.8) is 0 Å². The van der Waals surface area contributed by atoms with E-state index in [-0.39, 0.29) is 18.3 Å². The number of halogens is 1. The molecule has 0 fully saturated rings. The Morgan fingerprint density at radius 3 is 2.61 bits per heavy atom. The molecule has 7 nitrogen and oxygen atoms in total. The highest BCUT2D eigenvalue weighted by molar-refractivity contribution is 7.07. The Balaban J connectivity index is 1.87. The van der Waals surface area contributed by atoms with E-state index >= 15 is 0 Å². The molecule has 1 aliphatic heterocycles. The predicted molar refractivity (Wildman–Crippen MR) is 148 cm³/mol. The van der Waals surface area contributed by atoms with E-state index in [1.807, 2.05) is 13.0 Å². The van der Waals surface area contributed by atoms with E-state index in [4.69, 9.17) is 32.2 Å². The molecule has 2 aromatic carbocycles. The number of thiazole rings is 1. The number of aromatic nitrogens is 1. The number of esters is 1. The molecule has 1 atom stereocenters. The van der Waals surface area contributed by atoms with Crippen LogP contribution >= 0.6 is 22.9 Å². The molecule has 3 aromatic rings. The van der Waals surface area contributed by atoms with Crippen LogP contribution in [0.25, 0.3) is 6.08 Å². The molecule has 0 radical (unpaired) electrons. The molecule has 0 saturated heterocycles. The number of nitrogens with zero attached hydrogens (tertiary/aromatic N) is 2. The third-order valence-corrected chi connectivity index (χ3v) is 6.88. The molecular weight excluding hydrogens is 524 g/mol. The minimum atomic E-state index is -0.713. The van der Waals surface area contributed by atoms with Gasteiger partial charge < -0.3 is 14.2 Å². The molecular formula is C29H27ClN2O5S. The van der Waals surface area contributed by atoms with Gasteiger partial charge in [-0.25, -0.2) is 9.79 Å². The monoisotopic (exact) mass is 550 g/mol. The van der Waals surface area contributed by atoms with Crippen LogP contribution in [0.3, 0.4) is 0 Å². The lowest BCUT2D eigenvalue weighted by Gasteiger charge is -2.25. The van der Waals surface area contributed by atoms with Gasteiger partial charge in [-0.1, -0.05) is 47.1 Å². The van der Waals surface area contributed by atoms with Crippen LogP contribution in [0.5, 0.6) is 11.5 Å². The molecule has 1 aromatic heterocycles. The smallest absolute Gasteiger partial charge is 0.338 e. The average molecular weight is 551 g/mol. The Morgan fingerprint density at radius 1 is 1.21 bits per heavy atom. The van der Waals surface area contributed by atoms with Gasteiger partial charge >= 0.3 is 5.97 Å². The van der Waals surface area contributed by atoms with Crippen molar-refractivity contribution in [2.45, 2.75) is 39.8 Å². The first-order chi connectivity index (χ1) is 18.2. The minimum absolute atomic E-state index is 0.115. The van der Waals surface area contributed by atoms with Crippen LogP contribution in [0, 0.1) is 12.3 Å². The Hall–Kier alpha value is -3.80. The molecule has 0 unspecified atom stereocenters. The summed E-state index contributed by atoms with van der Waals surface area (Å²) in [6.45, 7) is 7.73. The molecule has 0 N–H and O–H groups in total. The molecule has 4 rings (SSSR count). The van der Waals surface area contributed by atoms with Gasteiger partial charge in [0.25, 0.3) is 5.56 Å². The van der Waals surface area contributed by atoms with Crippen molar-refractivity contribution in [3.05, 3.63) is 89.6 Å². The molecule has 0 spiro atoms. The fourth-order valence-electron chi connectivity index (χ4n) is 4.09. The molecule has 196 valence electrons. The van der Waals surface area contributed by atoms with Gasteiger partial charge in [0.2, 0.25) is 0 Å². The second-order valence-electron chi connectivity index (χ2n) is 8.72. The molecule has 1 aliphatic rings. The second-order valence-corrected chi connectivity index (χ2v) is 10.2. The van der Waals surface area contributed by atoms with E-state index in [1.165, 1.54) is 15.9 Å². The molecule has 0 amide bonds. The number of allylic oxidation sites excluding steroid dienone is 1. The topological polar surface area (TPSA) is 79.1 Å². The van der Waals surface area contributed by atoms with E-state index < -0.39 is 12.0 Å². The zero-order valence-corrected chi connectivity index (χ0v) is 23.1. The summed E-state index contributed by atoms with van der Waals surface area (Å²) >= 11 is 7.37. The predicted octanol–water partition coefficient (Wildman–Crippen LogP) is 4.25. The SMILES string of the molecule is C#CCOc1ccc(/C=c2\sc3n(c2=O)[C@@H](c2ccc(Cl)cc2)C(C(=O)OC(C)C)=C(C)N=3)cc1OCC. The van der Waals surface area contributed by atoms with E-state index in [0.29, 0.717) is 43.7 Å². The van der Waals surface area contributed by atoms with Gasteiger partial charge in [0.05, 0.1) is 34.6 Å². The van der Waals surface area contributed by atoms with Crippen LogP contribution in [0.15, 0.2) is 63.5 Å². The highest BCUT2D eigenvalue weighted by atomic mass is 35.5. The standard InChI is InChI=1S/C29H27ClN2O5S/c1-6-14-36-22-13-8-19(15-23(22)35-7-2)16-24-27(33)32-26(20-9-11-21(30)12-10-20)25(28(34)37-17(3)4)18(5)31-29(32)38-24/h1,8-13,15-17,26H,7,14H2,2-5H3/b24-16-/t26-/m0/s1. The number of fused-ring (bicyclic) bond motifs is 1. The van der Waals surface area contributed by atoms with Crippen LogP contribution in [0.2, 0.25) is 5.02 Å². The zero-order chi connectivity index (χ0) is 27.4. The van der Waals surface area contributed by atoms with E-state index in [2.05, 4.69) is 10.9 Å². The van der Waals surface area contributed by atoms with Crippen LogP contribution < -0.4 is 24.4 Å². The van der Waals surface area contributed by atoms with Crippen LogP contribution in [0.4, 0.5) is 0 Å². The van der Waals surface area contributed by atoms with Crippen LogP contribution in [0.1, 0.15) is 44.9 Å². The lowest BCUT2D eigenvalue weighted by molar-refractivity contribution is -0.143. The van der Waals surface area contributed by atoms with Gasteiger partial charge in [-0.15, -0.1) is 6.42 Å². The zero-order valence-electron chi connectivity index (χ0n) is 21.5. The molecule has 0 bridgehead atoms. The van der Waals surface area contributed by atoms with Crippen molar-refractivity contribution in [3.8, 4) is 23.8 Å². The minimum Gasteiger partial charge on any atom is -0.490 e. The number of carbonyl (C=O) groups excluding carboxylic acids is 1. The number of rotatable bonds is 8. The van der Waals surface area contributed by atoms with Crippen molar-refractivity contribution in [2.75, 3.05) is 13.2 Å². The molecule has 9 heteroatoms. The average Bonchev–Trinajstić information content (AvgIpc) is 3.17. The molecule has 0 aliphatic carbocycles. The first-order valence-corrected chi connectivity index (χ1v) is 13.2. The highest BCUT2D eigenvalue weighted by Crippen LogP contribution is 2.32. The van der Waals surface area contributed by atoms with Crippen LogP contribution in [-0.4, -0.2) is 29.9 Å². The lowest BCUT2D eigenvalue weighted by Crippen LogP contribution is -2.40. The number of ether oxygens (including phenoxy) is 3. The summed E-state index contributed by atoms with van der Waals surface area (Å²) in [4.78, 5) is 32.1. The van der Waals surface area contributed by atoms with Crippen LogP contribution in [-0.2, 0) is 9.53 Å². The number of hydrogen-bond donors (Lipinski definition) is 0. The van der Waals surface area contributed by atoms with Gasteiger partial charge in [0.15, 0.2) is 16.3 Å². The Kier molecular flexibility index (Phi) is 8.40. The number of benzene rings is 2. The molecule has 0 saturated carbocycles. The summed E-state index contributed by atoms with van der Waals surface area (Å²) in [7, 11) is 0. The van der Waals surface area contributed by atoms with Gasteiger partial charge in [-0.05, 0) is 69.2 Å². The van der Waals surface area contributed by atoms with Crippen molar-refractivity contribution in [2.24, 2.45) is 4.99 Å². The Labute approximate surface area is 229 Å². The first-order valence-electron chi connectivity index (χ1n) is 12.1. The number of hydrogen-bond acceptors (Lipinski definition) is 7. The molecule has 2 heterocycles. The summed E-state index contributed by atoms with van der Waals surface area (Å²) < 4.78 is 18.8. The summed E-state index contributed by atoms with van der Waals surface area (Å²) in [5, 5.41) is 0.549. The van der Waals surface area contributed by atoms with Crippen molar-refractivity contribution in [1.82, 2.24) is 4.57 Å². The molecule has 38 heavy (non-hydrogen) atoms. The van der Waals surface area contributed by atoms with E-state index in [9.17, 15) is 9.59 Å². The first kappa shape index (κ1) is 27.2. The maximum atomic E-state index is 13.8. The number of terminal acetylenes is 1. The largest absolute Gasteiger partial charge is 0.490 e. The van der Waals surface area contributed by atoms with Gasteiger partial charge in [0.1, 0.15) is 6.61 Å². The lowest BCUT2D eigenvalue weighted by atomic mass is 9.96. The quantitative estimate of drug-likeness (QED) is 0.309. The number of carbonyl (C=O) groups is 1. The highest BCUT2D eigenvalue weighted by Gasteiger charge is 2.33.